The largest absolute Gasteiger partial charge is 0.508 e. The molecule has 0 aliphatic heterocycles. The summed E-state index contributed by atoms with van der Waals surface area (Å²) in [5.41, 5.74) is 0. The third-order valence-corrected chi connectivity index (χ3v) is 4.29. The van der Waals surface area contributed by atoms with E-state index in [1.165, 1.54) is 6.42 Å². The molecule has 2 aliphatic carbocycles. The third kappa shape index (κ3) is 6.67. The van der Waals surface area contributed by atoms with Crippen molar-refractivity contribution in [1.29, 1.82) is 0 Å². The summed E-state index contributed by atoms with van der Waals surface area (Å²) >= 11 is 0. The minimum Gasteiger partial charge on any atom is -0.432 e. The van der Waals surface area contributed by atoms with Gasteiger partial charge in [-0.1, -0.05) is 6.42 Å². The smallest absolute Gasteiger partial charge is 0.432 e. The summed E-state index contributed by atoms with van der Waals surface area (Å²) in [6.45, 7) is 3.56. The summed E-state index contributed by atoms with van der Waals surface area (Å²) in [5, 5.41) is 0. The normalized spacial score (nSPS) is 25.7. The molecule has 132 valence electrons. The van der Waals surface area contributed by atoms with E-state index >= 15 is 0 Å². The van der Waals surface area contributed by atoms with Crippen LogP contribution >= 0.6 is 0 Å². The molecule has 0 aromatic carbocycles. The molecule has 2 rings (SSSR count). The molecule has 6 heteroatoms. The van der Waals surface area contributed by atoms with Crippen LogP contribution in [0, 0.1) is 0 Å². The molecule has 6 nitrogen and oxygen atoms in total. The van der Waals surface area contributed by atoms with Gasteiger partial charge in [0, 0.05) is 0 Å². The topological polar surface area (TPSA) is 71.1 Å². The maximum Gasteiger partial charge on any atom is 0.508 e. The zero-order valence-electron chi connectivity index (χ0n) is 14.1. The van der Waals surface area contributed by atoms with Crippen molar-refractivity contribution in [3.8, 4) is 0 Å². The Morgan fingerprint density at radius 1 is 0.696 bits per heavy atom. The Balaban J connectivity index is 1.62. The Hall–Kier alpha value is -1.46. The molecule has 23 heavy (non-hydrogen) atoms. The summed E-state index contributed by atoms with van der Waals surface area (Å²) in [5.74, 6) is 0. The number of hydrogen-bond acceptors (Lipinski definition) is 6. The van der Waals surface area contributed by atoms with Gasteiger partial charge in [0.15, 0.2) is 0 Å². The number of ether oxygens (including phenoxy) is 4. The first-order valence-electron chi connectivity index (χ1n) is 8.77. The van der Waals surface area contributed by atoms with Crippen LogP contribution in [0.4, 0.5) is 9.59 Å². The predicted molar refractivity (Wildman–Crippen MR) is 83.2 cm³/mol. The maximum atomic E-state index is 11.8. The molecule has 0 amide bonds. The number of rotatable bonds is 4. The van der Waals surface area contributed by atoms with Gasteiger partial charge < -0.3 is 18.9 Å². The van der Waals surface area contributed by atoms with Crippen molar-refractivity contribution in [3.63, 3.8) is 0 Å². The lowest BCUT2D eigenvalue weighted by atomic mass is 9.95. The maximum absolute atomic E-state index is 11.8. The summed E-state index contributed by atoms with van der Waals surface area (Å²) in [7, 11) is 0. The van der Waals surface area contributed by atoms with Gasteiger partial charge in [-0.2, -0.15) is 0 Å². The highest BCUT2D eigenvalue weighted by atomic mass is 16.7. The lowest BCUT2D eigenvalue weighted by Gasteiger charge is -2.28. The Bertz CT molecular complexity index is 381. The number of carbonyl (C=O) groups excluding carboxylic acids is 2. The minimum absolute atomic E-state index is 0.0155. The molecule has 0 spiro atoms. The van der Waals surface area contributed by atoms with E-state index in [9.17, 15) is 9.59 Å². The van der Waals surface area contributed by atoms with E-state index in [4.69, 9.17) is 18.9 Å². The highest BCUT2D eigenvalue weighted by Crippen LogP contribution is 2.25. The Kier molecular flexibility index (Phi) is 6.99. The number of hydrogen-bond donors (Lipinski definition) is 0. The molecule has 0 N–H and O–H groups in total. The first kappa shape index (κ1) is 17.9. The summed E-state index contributed by atoms with van der Waals surface area (Å²) in [6, 6.07) is 0. The van der Waals surface area contributed by atoms with Gasteiger partial charge in [0.2, 0.25) is 0 Å². The molecule has 0 radical (unpaired) electrons. The fourth-order valence-corrected chi connectivity index (χ4v) is 3.11. The SMILES string of the molecule is CC(C)OC(=O)OC1CCC(OC(=O)OC2CCCCC2)CC1. The molecule has 2 aliphatic rings. The van der Waals surface area contributed by atoms with Crippen molar-refractivity contribution in [2.24, 2.45) is 0 Å². The summed E-state index contributed by atoms with van der Waals surface area (Å²) in [6.07, 6.45) is 6.39. The van der Waals surface area contributed by atoms with E-state index in [0.29, 0.717) is 25.7 Å². The van der Waals surface area contributed by atoms with Crippen molar-refractivity contribution in [2.75, 3.05) is 0 Å². The molecular formula is C17H28O6. The lowest BCUT2D eigenvalue weighted by molar-refractivity contribution is -0.0434. The fraction of sp³-hybridized carbons (Fsp3) is 0.882. The van der Waals surface area contributed by atoms with E-state index < -0.39 is 12.3 Å². The molecule has 0 aromatic heterocycles. The quantitative estimate of drug-likeness (QED) is 0.715. The van der Waals surface area contributed by atoms with Crippen molar-refractivity contribution in [3.05, 3.63) is 0 Å². The first-order valence-corrected chi connectivity index (χ1v) is 8.77. The molecule has 0 saturated heterocycles. The van der Waals surface area contributed by atoms with Crippen LogP contribution in [0.2, 0.25) is 0 Å². The second-order valence-electron chi connectivity index (χ2n) is 6.68. The Labute approximate surface area is 137 Å². The second kappa shape index (κ2) is 8.99. The first-order chi connectivity index (χ1) is 11.0. The number of carbonyl (C=O) groups is 2. The highest BCUT2D eigenvalue weighted by molar-refractivity contribution is 5.61. The van der Waals surface area contributed by atoms with Crippen molar-refractivity contribution in [2.45, 2.75) is 96.1 Å². The van der Waals surface area contributed by atoms with E-state index in [-0.39, 0.29) is 24.4 Å². The van der Waals surface area contributed by atoms with Gasteiger partial charge in [-0.05, 0) is 65.2 Å². The van der Waals surface area contributed by atoms with Gasteiger partial charge in [0.1, 0.15) is 18.3 Å². The summed E-state index contributed by atoms with van der Waals surface area (Å²) < 4.78 is 20.9. The highest BCUT2D eigenvalue weighted by Gasteiger charge is 2.28. The van der Waals surface area contributed by atoms with Crippen molar-refractivity contribution in [1.82, 2.24) is 0 Å². The molecule has 0 heterocycles. The van der Waals surface area contributed by atoms with Gasteiger partial charge in [0.05, 0.1) is 6.10 Å². The van der Waals surface area contributed by atoms with Gasteiger partial charge in [-0.3, -0.25) is 0 Å². The van der Waals surface area contributed by atoms with Crippen LogP contribution < -0.4 is 0 Å². The van der Waals surface area contributed by atoms with Crippen LogP contribution in [0.25, 0.3) is 0 Å². The van der Waals surface area contributed by atoms with Crippen molar-refractivity contribution >= 4 is 12.3 Å². The average Bonchev–Trinajstić information content (AvgIpc) is 2.49. The van der Waals surface area contributed by atoms with E-state index in [0.717, 1.165) is 25.7 Å². The molecule has 2 saturated carbocycles. The van der Waals surface area contributed by atoms with Crippen molar-refractivity contribution < 1.29 is 28.5 Å². The average molecular weight is 328 g/mol. The van der Waals surface area contributed by atoms with Gasteiger partial charge in [-0.15, -0.1) is 0 Å². The van der Waals surface area contributed by atoms with Gasteiger partial charge in [0.25, 0.3) is 0 Å². The minimum atomic E-state index is -0.624. The lowest BCUT2D eigenvalue weighted by Crippen LogP contribution is -2.31. The van der Waals surface area contributed by atoms with E-state index in [1.807, 2.05) is 0 Å². The van der Waals surface area contributed by atoms with Crippen LogP contribution in [0.15, 0.2) is 0 Å². The van der Waals surface area contributed by atoms with E-state index in [1.54, 1.807) is 13.8 Å². The van der Waals surface area contributed by atoms with Crippen LogP contribution in [-0.2, 0) is 18.9 Å². The predicted octanol–water partition coefficient (Wildman–Crippen LogP) is 4.35. The van der Waals surface area contributed by atoms with E-state index in [2.05, 4.69) is 0 Å². The fourth-order valence-electron chi connectivity index (χ4n) is 3.11. The molecule has 0 aromatic rings. The second-order valence-corrected chi connectivity index (χ2v) is 6.68. The Morgan fingerprint density at radius 3 is 1.61 bits per heavy atom. The molecule has 0 bridgehead atoms. The third-order valence-electron chi connectivity index (χ3n) is 4.29. The van der Waals surface area contributed by atoms with Crippen LogP contribution in [0.1, 0.15) is 71.6 Å². The van der Waals surface area contributed by atoms with Gasteiger partial charge in [-0.25, -0.2) is 9.59 Å². The van der Waals surface area contributed by atoms with Gasteiger partial charge >= 0.3 is 12.3 Å². The van der Waals surface area contributed by atoms with Crippen LogP contribution in [0.5, 0.6) is 0 Å². The molecule has 2 fully saturated rings. The van der Waals surface area contributed by atoms with Crippen LogP contribution in [0.3, 0.4) is 0 Å². The standard InChI is InChI=1S/C17H28O6/c1-12(2)20-16(18)22-14-8-10-15(11-9-14)23-17(19)21-13-6-4-3-5-7-13/h12-15H,3-11H2,1-2H3. The molecule has 0 unspecified atom stereocenters. The molecular weight excluding hydrogens is 300 g/mol. The zero-order chi connectivity index (χ0) is 16.7. The van der Waals surface area contributed by atoms with Crippen LogP contribution in [-0.4, -0.2) is 36.7 Å². The zero-order valence-corrected chi connectivity index (χ0v) is 14.1. The summed E-state index contributed by atoms with van der Waals surface area (Å²) in [4.78, 5) is 23.3. The monoisotopic (exact) mass is 328 g/mol. The Morgan fingerprint density at radius 2 is 1.13 bits per heavy atom. The molecule has 0 atom stereocenters.